The Balaban J connectivity index is 0.000000486. The van der Waals surface area contributed by atoms with Crippen LogP contribution in [0.25, 0.3) is 0 Å². The van der Waals surface area contributed by atoms with E-state index in [2.05, 4.69) is 59.4 Å². The van der Waals surface area contributed by atoms with Gasteiger partial charge in [0.1, 0.15) is 15.8 Å². The molecule has 0 aliphatic rings. The van der Waals surface area contributed by atoms with Crippen LogP contribution in [-0.2, 0) is 9.59 Å². The predicted molar refractivity (Wildman–Crippen MR) is 222 cm³/mol. The normalized spacial score (nSPS) is 11.3. The highest BCUT2D eigenvalue weighted by molar-refractivity contribution is 9.10. The van der Waals surface area contributed by atoms with Gasteiger partial charge in [-0.15, -0.1) is 11.6 Å². The van der Waals surface area contributed by atoms with Gasteiger partial charge in [-0.1, -0.05) is 71.9 Å². The number of phenolic OH excluding ortho intramolecular Hbond substituents is 1. The molecule has 0 saturated carbocycles. The molecule has 10 nitrogen and oxygen atoms in total. The summed E-state index contributed by atoms with van der Waals surface area (Å²) < 4.78 is 57.4. The number of hydrogen-bond donors (Lipinski definition) is 3. The maximum atomic E-state index is 13.7. The zero-order chi connectivity index (χ0) is 42.3. The van der Waals surface area contributed by atoms with Crippen LogP contribution >= 0.6 is 43.5 Å². The number of unbranched alkanes of at least 4 members (excludes halogenated alkanes) is 4. The van der Waals surface area contributed by atoms with E-state index in [-0.39, 0.29) is 30.6 Å². The number of pyridine rings is 2. The molecule has 0 unspecified atom stereocenters. The highest BCUT2D eigenvalue weighted by Crippen LogP contribution is 2.22. The number of carbonyl (C=O) groups is 4. The fourth-order valence-electron chi connectivity index (χ4n) is 4.85. The molecule has 4 aromatic rings. The first-order chi connectivity index (χ1) is 27.2. The van der Waals surface area contributed by atoms with Crippen molar-refractivity contribution in [3.8, 4) is 11.5 Å². The van der Waals surface area contributed by atoms with Crippen molar-refractivity contribution in [3.63, 3.8) is 0 Å². The lowest BCUT2D eigenvalue weighted by molar-refractivity contribution is -0.123. The maximum absolute atomic E-state index is 13.7. The molecule has 2 heterocycles. The van der Waals surface area contributed by atoms with Crippen molar-refractivity contribution in [2.75, 3.05) is 12.5 Å². The van der Waals surface area contributed by atoms with Gasteiger partial charge in [0.2, 0.25) is 0 Å². The number of aromatic hydroxyl groups is 1. The standard InChI is InChI=1S/C20H21BrF2N2O3.C14H18BrClN2O2.C6H4F2O.CH4/c1-2-3-4-10-16(25-20(27)13-7-6-11-24-19(13)21)17(26)12-28-18-14(22)8-5-9-15(18)23;1-2-3-4-7-11(12(19)9-16)18-14(20)10-6-5-8-17-13(10)15;7-4-2-1-3-5(8)6(4)9;/h5-9,11,16H,2-4,10,12H2,1H3,(H,25,27);5-6,8,11H,2-4,7,9H2,1H3,(H,18,20);1-3,9H;1H4/t16-;11-;;/m00../s1. The Kier molecular flexibility index (Phi) is 25.0. The van der Waals surface area contributed by atoms with Crippen LogP contribution in [0, 0.1) is 23.3 Å². The number of Topliss-reactive ketones (excluding diaryl/α,β-unsaturated/α-hetero) is 2. The van der Waals surface area contributed by atoms with E-state index in [0.29, 0.717) is 27.6 Å². The largest absolute Gasteiger partial charge is 0.503 e. The molecular formula is C41H47Br2ClF4N4O6. The van der Waals surface area contributed by atoms with Crippen molar-refractivity contribution >= 4 is 66.8 Å². The van der Waals surface area contributed by atoms with Gasteiger partial charge in [-0.25, -0.2) is 27.5 Å². The summed E-state index contributed by atoms with van der Waals surface area (Å²) in [4.78, 5) is 57.0. The molecule has 316 valence electrons. The van der Waals surface area contributed by atoms with Crippen LogP contribution in [0.3, 0.4) is 0 Å². The zero-order valence-electron chi connectivity index (χ0n) is 31.2. The number of carbonyl (C=O) groups excluding carboxylic acids is 4. The average molecular weight is 963 g/mol. The molecular weight excluding hydrogens is 916 g/mol. The van der Waals surface area contributed by atoms with Crippen LogP contribution < -0.4 is 15.4 Å². The number of ether oxygens (including phenoxy) is 1. The van der Waals surface area contributed by atoms with Crippen molar-refractivity contribution in [2.45, 2.75) is 84.7 Å². The summed E-state index contributed by atoms with van der Waals surface area (Å²) in [7, 11) is 0. The van der Waals surface area contributed by atoms with Crippen molar-refractivity contribution in [1.29, 1.82) is 0 Å². The molecule has 2 aromatic heterocycles. The summed E-state index contributed by atoms with van der Waals surface area (Å²) >= 11 is 12.0. The summed E-state index contributed by atoms with van der Waals surface area (Å²) in [6.07, 6.45) is 9.66. The van der Waals surface area contributed by atoms with Gasteiger partial charge in [-0.2, -0.15) is 0 Å². The second-order valence-electron chi connectivity index (χ2n) is 12.2. The average Bonchev–Trinajstić information content (AvgIpc) is 3.19. The molecule has 2 amide bonds. The molecule has 3 N–H and O–H groups in total. The summed E-state index contributed by atoms with van der Waals surface area (Å²) in [5, 5.41) is 13.9. The lowest BCUT2D eigenvalue weighted by atomic mass is 10.0. The Morgan fingerprint density at radius 2 is 1.10 bits per heavy atom. The minimum atomic E-state index is -0.935. The van der Waals surface area contributed by atoms with Gasteiger partial charge >= 0.3 is 0 Å². The fourth-order valence-corrected chi connectivity index (χ4v) is 5.90. The van der Waals surface area contributed by atoms with Crippen LogP contribution in [0.15, 0.2) is 82.3 Å². The van der Waals surface area contributed by atoms with Gasteiger partial charge in [0.05, 0.1) is 29.1 Å². The summed E-state index contributed by atoms with van der Waals surface area (Å²) in [5.74, 6) is -6.67. The number of ketones is 2. The molecule has 0 fully saturated rings. The summed E-state index contributed by atoms with van der Waals surface area (Å²) in [6, 6.07) is 11.6. The number of phenols is 1. The Labute approximate surface area is 357 Å². The second kappa shape index (κ2) is 28.1. The van der Waals surface area contributed by atoms with Gasteiger partial charge in [0.15, 0.2) is 46.3 Å². The maximum Gasteiger partial charge on any atom is 0.254 e. The molecule has 0 aliphatic carbocycles. The number of hydrogen-bond acceptors (Lipinski definition) is 8. The number of halogens is 7. The highest BCUT2D eigenvalue weighted by Gasteiger charge is 2.24. The monoisotopic (exact) mass is 960 g/mol. The number of rotatable bonds is 18. The Bertz CT molecular complexity index is 1890. The lowest BCUT2D eigenvalue weighted by Crippen LogP contribution is -2.43. The molecule has 58 heavy (non-hydrogen) atoms. The Hall–Kier alpha value is -4.41. The predicted octanol–water partition coefficient (Wildman–Crippen LogP) is 10.1. The van der Waals surface area contributed by atoms with Crippen molar-refractivity contribution in [1.82, 2.24) is 20.6 Å². The Morgan fingerprint density at radius 1 is 0.690 bits per heavy atom. The highest BCUT2D eigenvalue weighted by atomic mass is 79.9. The third-order valence-corrected chi connectivity index (χ3v) is 9.46. The minimum absolute atomic E-state index is 0. The smallest absolute Gasteiger partial charge is 0.254 e. The number of aromatic nitrogens is 2. The molecule has 2 atom stereocenters. The number of para-hydroxylation sites is 2. The number of nitrogens with one attached hydrogen (secondary N) is 2. The third kappa shape index (κ3) is 17.6. The van der Waals surface area contributed by atoms with E-state index >= 15 is 0 Å². The van der Waals surface area contributed by atoms with Gasteiger partial charge in [0, 0.05) is 12.4 Å². The number of amides is 2. The third-order valence-electron chi connectivity index (χ3n) is 7.94. The topological polar surface area (TPSA) is 148 Å². The van der Waals surface area contributed by atoms with Gasteiger partial charge in [-0.05, 0) is 93.2 Å². The van der Waals surface area contributed by atoms with E-state index < -0.39 is 65.1 Å². The molecule has 0 saturated heterocycles. The first kappa shape index (κ1) is 51.6. The number of alkyl halides is 1. The quantitative estimate of drug-likeness (QED) is 0.0387. The zero-order valence-corrected chi connectivity index (χ0v) is 35.1. The van der Waals surface area contributed by atoms with Crippen LogP contribution in [0.5, 0.6) is 11.5 Å². The van der Waals surface area contributed by atoms with E-state index in [1.807, 2.05) is 6.92 Å². The minimum Gasteiger partial charge on any atom is -0.503 e. The molecule has 0 aliphatic heterocycles. The van der Waals surface area contributed by atoms with Crippen molar-refractivity contribution in [3.05, 3.63) is 117 Å². The SMILES string of the molecule is C.CCCCC[C@H](NC(=O)c1cccnc1Br)C(=O)CCl.CCCCC[C@H](NC(=O)c1cccnc1Br)C(=O)COc1c(F)cccc1F.Oc1c(F)cccc1F. The van der Waals surface area contributed by atoms with E-state index in [1.165, 1.54) is 18.3 Å². The molecule has 0 bridgehead atoms. The Morgan fingerprint density at radius 3 is 1.48 bits per heavy atom. The number of benzene rings is 2. The van der Waals surface area contributed by atoms with E-state index in [0.717, 1.165) is 62.8 Å². The van der Waals surface area contributed by atoms with Crippen LogP contribution in [0.1, 0.15) is 93.4 Å². The molecule has 0 radical (unpaired) electrons. The first-order valence-electron chi connectivity index (χ1n) is 17.9. The summed E-state index contributed by atoms with van der Waals surface area (Å²) in [5.41, 5.74) is 0.701. The summed E-state index contributed by atoms with van der Waals surface area (Å²) in [6.45, 7) is 3.55. The second-order valence-corrected chi connectivity index (χ2v) is 14.0. The van der Waals surface area contributed by atoms with Crippen LogP contribution in [-0.4, -0.2) is 63.0 Å². The number of nitrogens with zero attached hydrogens (tertiary/aromatic N) is 2. The van der Waals surface area contributed by atoms with E-state index in [1.54, 1.807) is 30.5 Å². The first-order valence-corrected chi connectivity index (χ1v) is 20.0. The molecule has 4 rings (SSSR count). The van der Waals surface area contributed by atoms with Crippen LogP contribution in [0.4, 0.5) is 17.6 Å². The molecule has 17 heteroatoms. The fraction of sp³-hybridized carbons (Fsp3) is 0.366. The van der Waals surface area contributed by atoms with Crippen LogP contribution in [0.2, 0.25) is 0 Å². The van der Waals surface area contributed by atoms with Crippen molar-refractivity contribution < 1.29 is 46.6 Å². The van der Waals surface area contributed by atoms with Gasteiger partial charge in [0.25, 0.3) is 11.8 Å². The molecule has 2 aromatic carbocycles. The van der Waals surface area contributed by atoms with Crippen molar-refractivity contribution in [2.24, 2.45) is 0 Å². The van der Waals surface area contributed by atoms with Gasteiger partial charge < -0.3 is 20.5 Å². The molecule has 0 spiro atoms. The van der Waals surface area contributed by atoms with Gasteiger partial charge in [-0.3, -0.25) is 19.2 Å². The lowest BCUT2D eigenvalue weighted by Gasteiger charge is -2.18. The van der Waals surface area contributed by atoms with E-state index in [9.17, 15) is 36.7 Å². The van der Waals surface area contributed by atoms with E-state index in [4.69, 9.17) is 21.4 Å².